The quantitative estimate of drug-likeness (QED) is 0.682. The molecule has 3 aromatic heterocycles. The Morgan fingerprint density at radius 1 is 1.11 bits per heavy atom. The van der Waals surface area contributed by atoms with Gasteiger partial charge in [-0.1, -0.05) is 0 Å². The Balaban J connectivity index is 1.29. The van der Waals surface area contributed by atoms with Crippen molar-refractivity contribution < 1.29 is 0 Å². The van der Waals surface area contributed by atoms with Gasteiger partial charge in [0.2, 0.25) is 0 Å². The third-order valence-corrected chi connectivity index (χ3v) is 5.25. The van der Waals surface area contributed by atoms with Gasteiger partial charge in [0.25, 0.3) is 0 Å². The summed E-state index contributed by atoms with van der Waals surface area (Å²) in [6.07, 6.45) is 15.9. The van der Waals surface area contributed by atoms with Crippen molar-refractivity contribution in [2.45, 2.75) is 32.2 Å². The Bertz CT molecular complexity index is 877. The minimum atomic E-state index is 0.713. The highest BCUT2D eigenvalue weighted by Crippen LogP contribution is 2.23. The molecule has 1 N–H and O–H groups in total. The first-order chi connectivity index (χ1) is 13.7. The van der Waals surface area contributed by atoms with Crippen molar-refractivity contribution in [2.75, 3.05) is 18.4 Å². The van der Waals surface area contributed by atoms with E-state index in [1.807, 2.05) is 24.1 Å². The fraction of sp³-hybridized carbons (Fsp3) is 0.429. The lowest BCUT2D eigenvalue weighted by molar-refractivity contribution is 0.162. The molecule has 1 unspecified atom stereocenters. The second-order valence-electron chi connectivity index (χ2n) is 7.57. The summed E-state index contributed by atoms with van der Waals surface area (Å²) in [5.74, 6) is 2.28. The fourth-order valence-electron chi connectivity index (χ4n) is 3.91. The van der Waals surface area contributed by atoms with Gasteiger partial charge in [0, 0.05) is 50.5 Å². The summed E-state index contributed by atoms with van der Waals surface area (Å²) in [6.45, 7) is 3.36. The van der Waals surface area contributed by atoms with Crippen LogP contribution in [0.3, 0.4) is 0 Å². The van der Waals surface area contributed by atoms with Gasteiger partial charge < -0.3 is 5.32 Å². The molecule has 7 nitrogen and oxygen atoms in total. The summed E-state index contributed by atoms with van der Waals surface area (Å²) in [6, 6.07) is 4.23. The third-order valence-electron chi connectivity index (χ3n) is 5.25. The number of hydrogen-bond acceptors (Lipinski definition) is 6. The minimum Gasteiger partial charge on any atom is -0.324 e. The Labute approximate surface area is 165 Å². The normalized spacial score (nSPS) is 17.5. The van der Waals surface area contributed by atoms with Gasteiger partial charge in [0.05, 0.1) is 12.4 Å². The van der Waals surface area contributed by atoms with Crippen molar-refractivity contribution in [2.24, 2.45) is 13.0 Å². The number of nitrogens with zero attached hydrogens (tertiary/aromatic N) is 6. The van der Waals surface area contributed by atoms with E-state index in [9.17, 15) is 0 Å². The molecule has 0 aliphatic carbocycles. The highest BCUT2D eigenvalue weighted by atomic mass is 15.2. The molecule has 28 heavy (non-hydrogen) atoms. The second-order valence-corrected chi connectivity index (χ2v) is 7.57. The first-order valence-corrected chi connectivity index (χ1v) is 9.92. The maximum atomic E-state index is 4.40. The number of aromatic nitrogens is 5. The van der Waals surface area contributed by atoms with Crippen LogP contribution in [0.1, 0.15) is 30.4 Å². The van der Waals surface area contributed by atoms with Crippen molar-refractivity contribution >= 4 is 11.6 Å². The number of aryl methyl sites for hydroxylation is 2. The Kier molecular flexibility index (Phi) is 5.92. The molecule has 1 aliphatic heterocycles. The number of likely N-dealkylation sites (tertiary alicyclic amines) is 1. The maximum Gasteiger partial charge on any atom is 0.150 e. The van der Waals surface area contributed by atoms with Crippen LogP contribution >= 0.6 is 0 Å². The van der Waals surface area contributed by atoms with Gasteiger partial charge in [-0.15, -0.1) is 0 Å². The average Bonchev–Trinajstić information content (AvgIpc) is 3.12. The van der Waals surface area contributed by atoms with Crippen molar-refractivity contribution in [1.82, 2.24) is 29.6 Å². The third kappa shape index (κ3) is 5.13. The number of hydrogen-bond donors (Lipinski definition) is 1. The Morgan fingerprint density at radius 2 is 2.04 bits per heavy atom. The number of anilines is 2. The van der Waals surface area contributed by atoms with Gasteiger partial charge in [-0.05, 0) is 55.8 Å². The van der Waals surface area contributed by atoms with Crippen LogP contribution in [-0.4, -0.2) is 42.7 Å². The van der Waals surface area contributed by atoms with Crippen molar-refractivity contribution in [3.63, 3.8) is 0 Å². The lowest BCUT2D eigenvalue weighted by Crippen LogP contribution is -2.35. The zero-order valence-corrected chi connectivity index (χ0v) is 16.3. The summed E-state index contributed by atoms with van der Waals surface area (Å²) in [4.78, 5) is 15.3. The summed E-state index contributed by atoms with van der Waals surface area (Å²) >= 11 is 0. The van der Waals surface area contributed by atoms with Crippen molar-refractivity contribution in [1.29, 1.82) is 0 Å². The van der Waals surface area contributed by atoms with E-state index < -0.39 is 0 Å². The highest BCUT2D eigenvalue weighted by molar-refractivity contribution is 5.50. The molecule has 0 saturated carbocycles. The number of pyridine rings is 1. The zero-order chi connectivity index (χ0) is 19.2. The van der Waals surface area contributed by atoms with Gasteiger partial charge >= 0.3 is 0 Å². The summed E-state index contributed by atoms with van der Waals surface area (Å²) in [7, 11) is 1.98. The van der Waals surface area contributed by atoms with Gasteiger partial charge in [0.1, 0.15) is 11.6 Å². The topological polar surface area (TPSA) is 71.8 Å². The van der Waals surface area contributed by atoms with Crippen molar-refractivity contribution in [3.05, 3.63) is 60.4 Å². The predicted octanol–water partition coefficient (Wildman–Crippen LogP) is 3.19. The van der Waals surface area contributed by atoms with E-state index in [-0.39, 0.29) is 0 Å². The highest BCUT2D eigenvalue weighted by Gasteiger charge is 2.20. The molecule has 4 rings (SSSR count). The Hall–Kier alpha value is -2.80. The van der Waals surface area contributed by atoms with Crippen molar-refractivity contribution in [3.8, 4) is 0 Å². The summed E-state index contributed by atoms with van der Waals surface area (Å²) < 4.78 is 1.88. The smallest absolute Gasteiger partial charge is 0.150 e. The van der Waals surface area contributed by atoms with Crippen LogP contribution in [0.25, 0.3) is 0 Å². The molecule has 0 aromatic carbocycles. The molecule has 1 aliphatic rings. The predicted molar refractivity (Wildman–Crippen MR) is 109 cm³/mol. The van der Waals surface area contributed by atoms with E-state index in [0.717, 1.165) is 24.7 Å². The van der Waals surface area contributed by atoms with Crippen LogP contribution in [0.15, 0.2) is 49.3 Å². The van der Waals surface area contributed by atoms with Gasteiger partial charge in [0.15, 0.2) is 0 Å². The van der Waals surface area contributed by atoms with Crippen LogP contribution in [0.4, 0.5) is 11.6 Å². The number of nitrogens with one attached hydrogen (secondary N) is 1. The standard InChI is InChI=1S/C21H27N7/c1-27-14-19(12-25-27)16-28-10-2-3-18(15-28)5-4-17-6-7-23-20(11-17)26-21-13-22-8-9-24-21/h6-9,11-14,18H,2-5,10,15-16H2,1H3,(H,23,24,26). The molecule has 7 heteroatoms. The Morgan fingerprint density at radius 3 is 2.86 bits per heavy atom. The van der Waals surface area contributed by atoms with Gasteiger partial charge in [-0.25, -0.2) is 9.97 Å². The maximum absolute atomic E-state index is 4.40. The molecular weight excluding hydrogens is 350 g/mol. The van der Waals surface area contributed by atoms with E-state index in [2.05, 4.69) is 48.6 Å². The molecule has 1 fully saturated rings. The molecule has 146 valence electrons. The van der Waals surface area contributed by atoms with E-state index in [4.69, 9.17) is 0 Å². The summed E-state index contributed by atoms with van der Waals surface area (Å²) in [5.41, 5.74) is 2.61. The summed E-state index contributed by atoms with van der Waals surface area (Å²) in [5, 5.41) is 7.50. The van der Waals surface area contributed by atoms with E-state index in [1.165, 1.54) is 43.5 Å². The monoisotopic (exact) mass is 377 g/mol. The molecule has 0 spiro atoms. The van der Waals surface area contributed by atoms with Crippen LogP contribution in [-0.2, 0) is 20.0 Å². The molecule has 4 heterocycles. The van der Waals surface area contributed by atoms with Gasteiger partial charge in [-0.3, -0.25) is 14.6 Å². The van der Waals surface area contributed by atoms with Crippen LogP contribution in [0.5, 0.6) is 0 Å². The molecular formula is C21H27N7. The lowest BCUT2D eigenvalue weighted by Gasteiger charge is -2.32. The molecule has 0 bridgehead atoms. The van der Waals surface area contributed by atoms with E-state index in [0.29, 0.717) is 5.82 Å². The van der Waals surface area contributed by atoms with Crippen LogP contribution < -0.4 is 5.32 Å². The molecule has 0 amide bonds. The molecule has 1 atom stereocenters. The first kappa shape index (κ1) is 18.6. The minimum absolute atomic E-state index is 0.713. The average molecular weight is 377 g/mol. The lowest BCUT2D eigenvalue weighted by atomic mass is 9.91. The number of rotatable bonds is 7. The van der Waals surface area contributed by atoms with E-state index >= 15 is 0 Å². The van der Waals surface area contributed by atoms with E-state index in [1.54, 1.807) is 18.6 Å². The molecule has 1 saturated heterocycles. The van der Waals surface area contributed by atoms with Crippen LogP contribution in [0.2, 0.25) is 0 Å². The molecule has 3 aromatic rings. The zero-order valence-electron chi connectivity index (χ0n) is 16.3. The van der Waals surface area contributed by atoms with Gasteiger partial charge in [-0.2, -0.15) is 5.10 Å². The number of piperidine rings is 1. The molecule has 0 radical (unpaired) electrons. The fourth-order valence-corrected chi connectivity index (χ4v) is 3.91. The van der Waals surface area contributed by atoms with Crippen LogP contribution in [0, 0.1) is 5.92 Å². The SMILES string of the molecule is Cn1cc(CN2CCCC(CCc3ccnc(Nc4cnccn4)c3)C2)cn1. The second kappa shape index (κ2) is 8.93. The first-order valence-electron chi connectivity index (χ1n) is 9.92. The largest absolute Gasteiger partial charge is 0.324 e.